The summed E-state index contributed by atoms with van der Waals surface area (Å²) in [4.78, 5) is 2.27. The van der Waals surface area contributed by atoms with Crippen molar-refractivity contribution in [2.75, 3.05) is 20.1 Å². The van der Waals surface area contributed by atoms with E-state index in [4.69, 9.17) is 5.73 Å². The Bertz CT molecular complexity index is 383. The Morgan fingerprint density at radius 3 is 2.50 bits per heavy atom. The normalized spacial score (nSPS) is 12.2. The molecular formula is C15H25FN2. The van der Waals surface area contributed by atoms with E-state index in [0.717, 1.165) is 31.5 Å². The molecule has 0 bridgehead atoms. The maximum atomic E-state index is 13.1. The fourth-order valence-corrected chi connectivity index (χ4v) is 1.77. The lowest BCUT2D eigenvalue weighted by molar-refractivity contribution is 0.298. The summed E-state index contributed by atoms with van der Waals surface area (Å²) in [5.41, 5.74) is 7.76. The van der Waals surface area contributed by atoms with Crippen LogP contribution in [0.15, 0.2) is 18.2 Å². The monoisotopic (exact) mass is 252 g/mol. The van der Waals surface area contributed by atoms with Gasteiger partial charge in [-0.05, 0) is 64.4 Å². The standard InChI is InChI=1S/C15H25FN2/c1-12-11-13(5-6-14(12)16)7-9-18(4)10-8-15(2,3)17/h5-6,11H,7-10,17H2,1-4H3. The second-order valence-corrected chi connectivity index (χ2v) is 5.88. The van der Waals surface area contributed by atoms with Gasteiger partial charge in [0.25, 0.3) is 0 Å². The summed E-state index contributed by atoms with van der Waals surface area (Å²) >= 11 is 0. The van der Waals surface area contributed by atoms with Crippen molar-refractivity contribution in [3.05, 3.63) is 35.1 Å². The molecule has 0 fully saturated rings. The van der Waals surface area contributed by atoms with Crippen LogP contribution in [0.25, 0.3) is 0 Å². The molecule has 18 heavy (non-hydrogen) atoms. The van der Waals surface area contributed by atoms with Gasteiger partial charge in [0.15, 0.2) is 0 Å². The summed E-state index contributed by atoms with van der Waals surface area (Å²) in [6, 6.07) is 5.34. The molecular weight excluding hydrogens is 227 g/mol. The highest BCUT2D eigenvalue weighted by Gasteiger charge is 2.11. The van der Waals surface area contributed by atoms with E-state index in [-0.39, 0.29) is 11.4 Å². The van der Waals surface area contributed by atoms with Crippen LogP contribution in [0, 0.1) is 12.7 Å². The number of aryl methyl sites for hydroxylation is 1. The third-order valence-corrected chi connectivity index (χ3v) is 3.14. The molecule has 0 aliphatic heterocycles. The molecule has 1 aromatic carbocycles. The highest BCUT2D eigenvalue weighted by molar-refractivity contribution is 5.24. The minimum Gasteiger partial charge on any atom is -0.326 e. The zero-order valence-corrected chi connectivity index (χ0v) is 12.0. The fraction of sp³-hybridized carbons (Fsp3) is 0.600. The number of hydrogen-bond donors (Lipinski definition) is 1. The molecule has 0 aliphatic rings. The molecule has 1 aromatic rings. The molecule has 0 heterocycles. The maximum absolute atomic E-state index is 13.1. The first kappa shape index (κ1) is 15.1. The minimum absolute atomic E-state index is 0.110. The average molecular weight is 252 g/mol. The Balaban J connectivity index is 2.38. The number of hydrogen-bond acceptors (Lipinski definition) is 2. The molecule has 0 atom stereocenters. The van der Waals surface area contributed by atoms with Crippen molar-refractivity contribution in [2.45, 2.75) is 39.2 Å². The topological polar surface area (TPSA) is 29.3 Å². The van der Waals surface area contributed by atoms with Crippen LogP contribution in [-0.4, -0.2) is 30.6 Å². The molecule has 1 rings (SSSR count). The first-order valence-corrected chi connectivity index (χ1v) is 6.50. The van der Waals surface area contributed by atoms with Gasteiger partial charge in [-0.3, -0.25) is 0 Å². The van der Waals surface area contributed by atoms with Crippen LogP contribution in [0.2, 0.25) is 0 Å². The Hall–Kier alpha value is -0.930. The molecule has 0 saturated carbocycles. The Kier molecular flexibility index (Phi) is 5.29. The average Bonchev–Trinajstić information content (AvgIpc) is 2.27. The molecule has 2 N–H and O–H groups in total. The Morgan fingerprint density at radius 1 is 1.28 bits per heavy atom. The van der Waals surface area contributed by atoms with Gasteiger partial charge in [0.2, 0.25) is 0 Å². The molecule has 0 unspecified atom stereocenters. The molecule has 0 aromatic heterocycles. The zero-order chi connectivity index (χ0) is 13.8. The van der Waals surface area contributed by atoms with Gasteiger partial charge < -0.3 is 10.6 Å². The van der Waals surface area contributed by atoms with Gasteiger partial charge in [0.05, 0.1) is 0 Å². The largest absolute Gasteiger partial charge is 0.326 e. The first-order chi connectivity index (χ1) is 8.28. The second-order valence-electron chi connectivity index (χ2n) is 5.88. The van der Waals surface area contributed by atoms with Gasteiger partial charge in [0, 0.05) is 12.1 Å². The maximum Gasteiger partial charge on any atom is 0.126 e. The van der Waals surface area contributed by atoms with Crippen molar-refractivity contribution in [1.82, 2.24) is 4.90 Å². The van der Waals surface area contributed by atoms with Crippen molar-refractivity contribution in [3.8, 4) is 0 Å². The Labute approximate surface area is 110 Å². The van der Waals surface area contributed by atoms with Crippen LogP contribution < -0.4 is 5.73 Å². The van der Waals surface area contributed by atoms with E-state index < -0.39 is 0 Å². The molecule has 0 spiro atoms. The SMILES string of the molecule is Cc1cc(CCN(C)CCC(C)(C)N)ccc1F. The van der Waals surface area contributed by atoms with Crippen LogP contribution >= 0.6 is 0 Å². The molecule has 102 valence electrons. The fourth-order valence-electron chi connectivity index (χ4n) is 1.77. The van der Waals surface area contributed by atoms with Crippen LogP contribution in [0.5, 0.6) is 0 Å². The summed E-state index contributed by atoms with van der Waals surface area (Å²) in [5.74, 6) is -0.128. The lowest BCUT2D eigenvalue weighted by atomic mass is 10.0. The predicted octanol–water partition coefficient (Wildman–Crippen LogP) is 2.74. The molecule has 0 radical (unpaired) electrons. The third-order valence-electron chi connectivity index (χ3n) is 3.14. The predicted molar refractivity (Wildman–Crippen MR) is 75.2 cm³/mol. The third kappa shape index (κ3) is 5.61. The molecule has 0 saturated heterocycles. The van der Waals surface area contributed by atoms with Gasteiger partial charge in [-0.1, -0.05) is 12.1 Å². The zero-order valence-electron chi connectivity index (χ0n) is 12.0. The number of nitrogens with zero attached hydrogens (tertiary/aromatic N) is 1. The summed E-state index contributed by atoms with van der Waals surface area (Å²) in [6.45, 7) is 7.86. The van der Waals surface area contributed by atoms with E-state index in [1.165, 1.54) is 5.56 Å². The highest BCUT2D eigenvalue weighted by Crippen LogP contribution is 2.10. The smallest absolute Gasteiger partial charge is 0.126 e. The second kappa shape index (κ2) is 6.30. The summed E-state index contributed by atoms with van der Waals surface area (Å²) in [7, 11) is 2.10. The van der Waals surface area contributed by atoms with E-state index in [0.29, 0.717) is 0 Å². The van der Waals surface area contributed by atoms with Gasteiger partial charge in [-0.15, -0.1) is 0 Å². The van der Waals surface area contributed by atoms with Crippen molar-refractivity contribution < 1.29 is 4.39 Å². The molecule has 0 amide bonds. The van der Waals surface area contributed by atoms with Crippen LogP contribution in [0.1, 0.15) is 31.4 Å². The van der Waals surface area contributed by atoms with Crippen molar-refractivity contribution >= 4 is 0 Å². The molecule has 0 aliphatic carbocycles. The molecule has 3 heteroatoms. The van der Waals surface area contributed by atoms with E-state index >= 15 is 0 Å². The number of likely N-dealkylation sites (N-methyl/N-ethyl adjacent to an activating group) is 1. The summed E-state index contributed by atoms with van der Waals surface area (Å²) in [5, 5.41) is 0. The number of halogens is 1. The van der Waals surface area contributed by atoms with Crippen LogP contribution in [-0.2, 0) is 6.42 Å². The molecule has 2 nitrogen and oxygen atoms in total. The quantitative estimate of drug-likeness (QED) is 0.843. The minimum atomic E-state index is -0.128. The summed E-state index contributed by atoms with van der Waals surface area (Å²) in [6.07, 6.45) is 1.93. The highest BCUT2D eigenvalue weighted by atomic mass is 19.1. The van der Waals surface area contributed by atoms with Gasteiger partial charge in [0.1, 0.15) is 5.82 Å². The van der Waals surface area contributed by atoms with E-state index in [1.807, 2.05) is 26.0 Å². The lowest BCUT2D eigenvalue weighted by Gasteiger charge is -2.23. The Morgan fingerprint density at radius 2 is 1.94 bits per heavy atom. The first-order valence-electron chi connectivity index (χ1n) is 6.50. The van der Waals surface area contributed by atoms with E-state index in [1.54, 1.807) is 13.0 Å². The summed E-state index contributed by atoms with van der Waals surface area (Å²) < 4.78 is 13.1. The lowest BCUT2D eigenvalue weighted by Crippen LogP contribution is -2.36. The van der Waals surface area contributed by atoms with Crippen molar-refractivity contribution in [2.24, 2.45) is 5.73 Å². The number of benzene rings is 1. The van der Waals surface area contributed by atoms with Crippen LogP contribution in [0.4, 0.5) is 4.39 Å². The van der Waals surface area contributed by atoms with Crippen molar-refractivity contribution in [1.29, 1.82) is 0 Å². The van der Waals surface area contributed by atoms with E-state index in [2.05, 4.69) is 11.9 Å². The van der Waals surface area contributed by atoms with Gasteiger partial charge >= 0.3 is 0 Å². The van der Waals surface area contributed by atoms with Crippen molar-refractivity contribution in [3.63, 3.8) is 0 Å². The number of rotatable bonds is 6. The van der Waals surface area contributed by atoms with E-state index in [9.17, 15) is 4.39 Å². The van der Waals surface area contributed by atoms with Gasteiger partial charge in [-0.2, -0.15) is 0 Å². The van der Waals surface area contributed by atoms with Crippen LogP contribution in [0.3, 0.4) is 0 Å². The van der Waals surface area contributed by atoms with Gasteiger partial charge in [-0.25, -0.2) is 4.39 Å². The number of nitrogens with two attached hydrogens (primary N) is 1.